The summed E-state index contributed by atoms with van der Waals surface area (Å²) in [6.07, 6.45) is 2.54. The average molecular weight is 378 g/mol. The molecule has 0 fully saturated rings. The number of benzene rings is 2. The number of aryl methyl sites for hydroxylation is 1. The molecule has 1 heterocycles. The second kappa shape index (κ2) is 9.80. The molecule has 0 aliphatic heterocycles. The highest BCUT2D eigenvalue weighted by Gasteiger charge is 2.06. The summed E-state index contributed by atoms with van der Waals surface area (Å²) in [6.45, 7) is 2.91. The summed E-state index contributed by atoms with van der Waals surface area (Å²) in [7, 11) is 2.09. The van der Waals surface area contributed by atoms with E-state index in [4.69, 9.17) is 0 Å². The molecule has 0 spiro atoms. The molecule has 2 aromatic carbocycles. The van der Waals surface area contributed by atoms with Crippen LogP contribution in [0.5, 0.6) is 0 Å². The van der Waals surface area contributed by atoms with Crippen molar-refractivity contribution in [2.45, 2.75) is 25.9 Å². The maximum atomic E-state index is 12.1. The van der Waals surface area contributed by atoms with Crippen molar-refractivity contribution >= 4 is 16.8 Å². The van der Waals surface area contributed by atoms with E-state index < -0.39 is 0 Å². The maximum Gasteiger partial charge on any atom is 0.221 e. The number of nitrogens with zero attached hydrogens (tertiary/aromatic N) is 3. The Balaban J connectivity index is 1.39. The van der Waals surface area contributed by atoms with E-state index in [2.05, 4.69) is 34.5 Å². The Morgan fingerprint density at radius 3 is 2.68 bits per heavy atom. The van der Waals surface area contributed by atoms with Gasteiger partial charge in [-0.2, -0.15) is 5.10 Å². The molecule has 6 nitrogen and oxygen atoms in total. The SMILES string of the molecule is CN(CCCNC(=O)CCn1ncc(=O)c2ccccc21)Cc1ccccc1. The molecule has 0 bridgehead atoms. The highest BCUT2D eigenvalue weighted by molar-refractivity contribution is 5.79. The second-order valence-electron chi connectivity index (χ2n) is 6.93. The number of aromatic nitrogens is 2. The highest BCUT2D eigenvalue weighted by Crippen LogP contribution is 2.08. The Labute approximate surface area is 164 Å². The maximum absolute atomic E-state index is 12.1. The lowest BCUT2D eigenvalue weighted by molar-refractivity contribution is -0.121. The largest absolute Gasteiger partial charge is 0.356 e. The average Bonchev–Trinajstić information content (AvgIpc) is 2.72. The Morgan fingerprint density at radius 1 is 1.11 bits per heavy atom. The summed E-state index contributed by atoms with van der Waals surface area (Å²) in [6, 6.07) is 17.7. The number of hydrogen-bond donors (Lipinski definition) is 1. The zero-order chi connectivity index (χ0) is 19.8. The van der Waals surface area contributed by atoms with E-state index >= 15 is 0 Å². The van der Waals surface area contributed by atoms with E-state index in [1.807, 2.05) is 36.4 Å². The van der Waals surface area contributed by atoms with Crippen LogP contribution in [0.4, 0.5) is 0 Å². The van der Waals surface area contributed by atoms with Gasteiger partial charge in [-0.15, -0.1) is 0 Å². The topological polar surface area (TPSA) is 67.2 Å². The van der Waals surface area contributed by atoms with Gasteiger partial charge in [0, 0.05) is 24.9 Å². The summed E-state index contributed by atoms with van der Waals surface area (Å²) < 4.78 is 1.71. The first-order valence-corrected chi connectivity index (χ1v) is 9.57. The van der Waals surface area contributed by atoms with E-state index in [0.717, 1.165) is 25.0 Å². The Morgan fingerprint density at radius 2 is 1.86 bits per heavy atom. The van der Waals surface area contributed by atoms with Gasteiger partial charge in [0.2, 0.25) is 11.3 Å². The first-order valence-electron chi connectivity index (χ1n) is 9.57. The van der Waals surface area contributed by atoms with Crippen LogP contribution in [0.25, 0.3) is 10.9 Å². The van der Waals surface area contributed by atoms with E-state index in [0.29, 0.717) is 24.9 Å². The molecule has 146 valence electrons. The van der Waals surface area contributed by atoms with Crippen LogP contribution < -0.4 is 10.7 Å². The third kappa shape index (κ3) is 5.50. The van der Waals surface area contributed by atoms with E-state index in [-0.39, 0.29) is 11.3 Å². The van der Waals surface area contributed by atoms with Gasteiger partial charge in [-0.3, -0.25) is 14.3 Å². The minimum absolute atomic E-state index is 0.00436. The lowest BCUT2D eigenvalue weighted by Gasteiger charge is -2.16. The Hall–Kier alpha value is -2.99. The number of fused-ring (bicyclic) bond motifs is 1. The molecule has 1 aromatic heterocycles. The fourth-order valence-electron chi connectivity index (χ4n) is 3.19. The quantitative estimate of drug-likeness (QED) is 0.581. The summed E-state index contributed by atoms with van der Waals surface area (Å²) in [5.41, 5.74) is 1.94. The summed E-state index contributed by atoms with van der Waals surface area (Å²) in [5.74, 6) is -0.00436. The number of amides is 1. The third-order valence-corrected chi connectivity index (χ3v) is 4.65. The molecule has 0 saturated carbocycles. The van der Waals surface area contributed by atoms with Crippen LogP contribution in [0.1, 0.15) is 18.4 Å². The fraction of sp³-hybridized carbons (Fsp3) is 0.318. The van der Waals surface area contributed by atoms with Crippen molar-refractivity contribution in [3.05, 3.63) is 76.6 Å². The molecule has 3 rings (SSSR count). The van der Waals surface area contributed by atoms with Crippen molar-refractivity contribution in [2.75, 3.05) is 20.1 Å². The molecule has 1 amide bonds. The molecular formula is C22H26N4O2. The highest BCUT2D eigenvalue weighted by atomic mass is 16.1. The first kappa shape index (κ1) is 19.8. The molecule has 3 aromatic rings. The molecule has 0 unspecified atom stereocenters. The van der Waals surface area contributed by atoms with E-state index in [1.165, 1.54) is 11.8 Å². The molecule has 0 aliphatic carbocycles. The predicted molar refractivity (Wildman–Crippen MR) is 111 cm³/mol. The first-order chi connectivity index (χ1) is 13.6. The minimum atomic E-state index is -0.101. The van der Waals surface area contributed by atoms with Crippen LogP contribution >= 0.6 is 0 Å². The van der Waals surface area contributed by atoms with Crippen molar-refractivity contribution in [3.63, 3.8) is 0 Å². The van der Waals surface area contributed by atoms with Crippen LogP contribution in [0.15, 0.2) is 65.6 Å². The van der Waals surface area contributed by atoms with E-state index in [1.54, 1.807) is 10.7 Å². The number of hydrogen-bond acceptors (Lipinski definition) is 4. The monoisotopic (exact) mass is 378 g/mol. The molecule has 6 heteroatoms. The van der Waals surface area contributed by atoms with Crippen molar-refractivity contribution < 1.29 is 4.79 Å². The molecule has 0 radical (unpaired) electrons. The van der Waals surface area contributed by atoms with Crippen LogP contribution in [0.2, 0.25) is 0 Å². The number of rotatable bonds is 9. The Kier molecular flexibility index (Phi) is 6.92. The number of nitrogens with one attached hydrogen (secondary N) is 1. The normalized spacial score (nSPS) is 11.1. The van der Waals surface area contributed by atoms with Gasteiger partial charge < -0.3 is 10.2 Å². The van der Waals surface area contributed by atoms with Crippen molar-refractivity contribution in [3.8, 4) is 0 Å². The summed E-state index contributed by atoms with van der Waals surface area (Å²) >= 11 is 0. The van der Waals surface area contributed by atoms with Gasteiger partial charge in [0.1, 0.15) is 0 Å². The summed E-state index contributed by atoms with van der Waals surface area (Å²) in [4.78, 5) is 26.2. The number of para-hydroxylation sites is 1. The Bertz CT molecular complexity index is 969. The number of carbonyl (C=O) groups excluding carboxylic acids is 1. The van der Waals surface area contributed by atoms with Crippen LogP contribution in [0, 0.1) is 0 Å². The van der Waals surface area contributed by atoms with E-state index in [9.17, 15) is 9.59 Å². The van der Waals surface area contributed by atoms with Crippen LogP contribution in [0.3, 0.4) is 0 Å². The van der Waals surface area contributed by atoms with Crippen molar-refractivity contribution in [1.82, 2.24) is 20.0 Å². The second-order valence-corrected chi connectivity index (χ2v) is 6.93. The lowest BCUT2D eigenvalue weighted by atomic mass is 10.2. The van der Waals surface area contributed by atoms with Gasteiger partial charge in [-0.25, -0.2) is 0 Å². The van der Waals surface area contributed by atoms with Gasteiger partial charge >= 0.3 is 0 Å². The van der Waals surface area contributed by atoms with Gasteiger partial charge in [0.15, 0.2) is 0 Å². The zero-order valence-electron chi connectivity index (χ0n) is 16.2. The van der Waals surface area contributed by atoms with Gasteiger partial charge in [-0.05, 0) is 37.7 Å². The van der Waals surface area contributed by atoms with Crippen LogP contribution in [-0.2, 0) is 17.9 Å². The van der Waals surface area contributed by atoms with Crippen LogP contribution in [-0.4, -0.2) is 40.7 Å². The standard InChI is InChI=1S/C22H26N4O2/c1-25(17-18-8-3-2-4-9-18)14-7-13-23-22(28)12-15-26-20-11-6-5-10-19(20)21(27)16-24-26/h2-6,8-11,16H,7,12-15,17H2,1H3,(H,23,28). The van der Waals surface area contributed by atoms with Crippen molar-refractivity contribution in [2.24, 2.45) is 0 Å². The predicted octanol–water partition coefficient (Wildman–Crippen LogP) is 2.42. The fourth-order valence-corrected chi connectivity index (χ4v) is 3.19. The molecule has 0 saturated heterocycles. The molecule has 0 atom stereocenters. The van der Waals surface area contributed by atoms with Gasteiger partial charge in [-0.1, -0.05) is 42.5 Å². The number of carbonyl (C=O) groups is 1. The summed E-state index contributed by atoms with van der Waals surface area (Å²) in [5, 5.41) is 7.74. The molecule has 28 heavy (non-hydrogen) atoms. The minimum Gasteiger partial charge on any atom is -0.356 e. The lowest BCUT2D eigenvalue weighted by Crippen LogP contribution is -2.29. The molecule has 0 aliphatic rings. The van der Waals surface area contributed by atoms with Crippen molar-refractivity contribution in [1.29, 1.82) is 0 Å². The molecule has 1 N–H and O–H groups in total. The smallest absolute Gasteiger partial charge is 0.221 e. The zero-order valence-corrected chi connectivity index (χ0v) is 16.2. The third-order valence-electron chi connectivity index (χ3n) is 4.65. The van der Waals surface area contributed by atoms with Gasteiger partial charge in [0.05, 0.1) is 18.3 Å². The van der Waals surface area contributed by atoms with Gasteiger partial charge in [0.25, 0.3) is 0 Å². The molecular weight excluding hydrogens is 352 g/mol.